The van der Waals surface area contributed by atoms with Crippen molar-refractivity contribution in [1.82, 2.24) is 9.80 Å². The highest BCUT2D eigenvalue weighted by Gasteiger charge is 2.26. The first-order chi connectivity index (χ1) is 9.85. The molecular formula is C12H24N5O3P. The molecule has 0 aliphatic carbocycles. The van der Waals surface area contributed by atoms with Crippen molar-refractivity contribution in [3.8, 4) is 0 Å². The molecule has 120 valence electrons. The second-order valence-electron chi connectivity index (χ2n) is 5.96. The number of azide groups is 1. The first-order valence-corrected chi connectivity index (χ1v) is 7.39. The van der Waals surface area contributed by atoms with Gasteiger partial charge in [0.2, 0.25) is 0 Å². The third-order valence-electron chi connectivity index (χ3n) is 3.00. The first kappa shape index (κ1) is 18.0. The molecule has 0 aromatic rings. The third kappa shape index (κ3) is 6.96. The average Bonchev–Trinajstić information content (AvgIpc) is 2.38. The Hall–Kier alpha value is -1.07. The fraction of sp³-hybridized carbons (Fsp3) is 0.917. The molecule has 1 saturated heterocycles. The minimum absolute atomic E-state index is 0.222. The van der Waals surface area contributed by atoms with E-state index in [0.717, 1.165) is 13.1 Å². The van der Waals surface area contributed by atoms with Crippen molar-refractivity contribution in [3.63, 3.8) is 0 Å². The number of rotatable bonds is 5. The molecule has 1 aliphatic heterocycles. The number of ether oxygens (including phenoxy) is 1. The van der Waals surface area contributed by atoms with Crippen molar-refractivity contribution in [2.45, 2.75) is 32.4 Å². The summed E-state index contributed by atoms with van der Waals surface area (Å²) in [6, 6.07) is -0.222. The predicted molar refractivity (Wildman–Crippen MR) is 82.8 cm³/mol. The molecule has 0 aromatic heterocycles. The monoisotopic (exact) mass is 317 g/mol. The molecule has 0 bridgehead atoms. The van der Waals surface area contributed by atoms with E-state index >= 15 is 0 Å². The molecule has 0 radical (unpaired) electrons. The smallest absolute Gasteiger partial charge is 0.410 e. The standard InChI is InChI=1S/C12H24N5O3P/c1-12(2,3)20-11(18)17-6-4-16(5-7-17)8-10(9-19-21)14-15-13/h10H,4-9,21H2,1-3H3/t10-/m1/s1. The molecule has 0 aromatic carbocycles. The molecule has 1 unspecified atom stereocenters. The summed E-state index contributed by atoms with van der Waals surface area (Å²) < 4.78 is 10.3. The van der Waals surface area contributed by atoms with Crippen LogP contribution in [0.2, 0.25) is 0 Å². The van der Waals surface area contributed by atoms with E-state index in [2.05, 4.69) is 24.4 Å². The topological polar surface area (TPSA) is 90.8 Å². The Labute approximate surface area is 127 Å². The number of nitrogens with zero attached hydrogens (tertiary/aromatic N) is 5. The van der Waals surface area contributed by atoms with E-state index < -0.39 is 5.60 Å². The molecule has 1 rings (SSSR count). The molecule has 1 amide bonds. The molecule has 8 nitrogen and oxygen atoms in total. The maximum atomic E-state index is 11.9. The van der Waals surface area contributed by atoms with E-state index in [0.29, 0.717) is 26.2 Å². The van der Waals surface area contributed by atoms with Crippen LogP contribution in [0.5, 0.6) is 0 Å². The quantitative estimate of drug-likeness (QED) is 0.336. The zero-order valence-corrected chi connectivity index (χ0v) is 14.0. The number of piperazine rings is 1. The van der Waals surface area contributed by atoms with Gasteiger partial charge in [-0.25, -0.2) is 4.79 Å². The zero-order chi connectivity index (χ0) is 15.9. The van der Waals surface area contributed by atoms with Crippen molar-refractivity contribution < 1.29 is 14.1 Å². The fourth-order valence-electron chi connectivity index (χ4n) is 2.04. The largest absolute Gasteiger partial charge is 0.444 e. The molecular weight excluding hydrogens is 293 g/mol. The van der Waals surface area contributed by atoms with Gasteiger partial charge >= 0.3 is 6.09 Å². The number of hydrogen-bond donors (Lipinski definition) is 0. The van der Waals surface area contributed by atoms with Gasteiger partial charge in [0.05, 0.1) is 12.6 Å². The Morgan fingerprint density at radius 3 is 2.48 bits per heavy atom. The van der Waals surface area contributed by atoms with Crippen molar-refractivity contribution in [2.24, 2.45) is 5.11 Å². The Morgan fingerprint density at radius 1 is 1.38 bits per heavy atom. The van der Waals surface area contributed by atoms with Gasteiger partial charge in [-0.3, -0.25) is 4.90 Å². The summed E-state index contributed by atoms with van der Waals surface area (Å²) in [6.07, 6.45) is -0.276. The summed E-state index contributed by atoms with van der Waals surface area (Å²) in [7, 11) is 2.16. The summed E-state index contributed by atoms with van der Waals surface area (Å²) in [6.45, 7) is 9.24. The fourth-order valence-corrected chi connectivity index (χ4v) is 2.27. The maximum Gasteiger partial charge on any atom is 0.410 e. The van der Waals surface area contributed by atoms with Crippen molar-refractivity contribution in [3.05, 3.63) is 10.4 Å². The van der Waals surface area contributed by atoms with Gasteiger partial charge in [-0.1, -0.05) is 5.11 Å². The molecule has 0 N–H and O–H groups in total. The average molecular weight is 317 g/mol. The minimum Gasteiger partial charge on any atom is -0.444 e. The molecule has 0 saturated carbocycles. The van der Waals surface area contributed by atoms with Crippen LogP contribution in [-0.2, 0) is 9.26 Å². The van der Waals surface area contributed by atoms with Crippen LogP contribution in [-0.4, -0.2) is 66.9 Å². The van der Waals surface area contributed by atoms with Gasteiger partial charge < -0.3 is 14.2 Å². The molecule has 1 aliphatic rings. The normalized spacial score (nSPS) is 18.0. The van der Waals surface area contributed by atoms with E-state index in [-0.39, 0.29) is 12.1 Å². The van der Waals surface area contributed by atoms with Crippen LogP contribution in [0.3, 0.4) is 0 Å². The SMILES string of the molecule is CC(C)(C)OC(=O)N1CCN(C[C@H](COP)N=[N+]=[N-])CC1. The van der Waals surface area contributed by atoms with Crippen LogP contribution in [0.25, 0.3) is 10.4 Å². The Kier molecular flexibility index (Phi) is 7.18. The minimum atomic E-state index is -0.475. The van der Waals surface area contributed by atoms with Gasteiger partial charge in [-0.2, -0.15) is 0 Å². The second-order valence-corrected chi connectivity index (χ2v) is 6.29. The Bertz CT molecular complexity index is 387. The van der Waals surface area contributed by atoms with Gasteiger partial charge in [0.25, 0.3) is 0 Å². The van der Waals surface area contributed by atoms with Crippen LogP contribution in [0.15, 0.2) is 5.11 Å². The summed E-state index contributed by atoms with van der Waals surface area (Å²) in [5.74, 6) is 0. The molecule has 21 heavy (non-hydrogen) atoms. The number of amides is 1. The van der Waals surface area contributed by atoms with E-state index in [1.54, 1.807) is 4.90 Å². The Morgan fingerprint density at radius 2 is 2.00 bits per heavy atom. The summed E-state index contributed by atoms with van der Waals surface area (Å²) >= 11 is 0. The van der Waals surface area contributed by atoms with Gasteiger partial charge in [-0.15, -0.1) is 0 Å². The van der Waals surface area contributed by atoms with Crippen LogP contribution in [0, 0.1) is 0 Å². The van der Waals surface area contributed by atoms with E-state index in [1.165, 1.54) is 0 Å². The second kappa shape index (κ2) is 8.39. The lowest BCUT2D eigenvalue weighted by molar-refractivity contribution is 0.0138. The molecule has 9 heteroatoms. The van der Waals surface area contributed by atoms with Gasteiger partial charge in [-0.05, 0) is 26.3 Å². The number of carbonyl (C=O) groups excluding carboxylic acids is 1. The van der Waals surface area contributed by atoms with Crippen molar-refractivity contribution >= 4 is 15.6 Å². The van der Waals surface area contributed by atoms with Crippen LogP contribution in [0.4, 0.5) is 4.79 Å². The van der Waals surface area contributed by atoms with Gasteiger partial charge in [0.1, 0.15) is 5.60 Å². The lowest BCUT2D eigenvalue weighted by atomic mass is 10.2. The van der Waals surface area contributed by atoms with Crippen LogP contribution >= 0.6 is 9.47 Å². The highest BCUT2D eigenvalue weighted by atomic mass is 31.0. The number of hydrogen-bond acceptors (Lipinski definition) is 5. The first-order valence-electron chi connectivity index (χ1n) is 6.92. The van der Waals surface area contributed by atoms with E-state index in [1.807, 2.05) is 20.8 Å². The third-order valence-corrected chi connectivity index (χ3v) is 3.19. The van der Waals surface area contributed by atoms with Crippen LogP contribution < -0.4 is 0 Å². The van der Waals surface area contributed by atoms with E-state index in [9.17, 15) is 4.79 Å². The lowest BCUT2D eigenvalue weighted by Gasteiger charge is -2.36. The van der Waals surface area contributed by atoms with Gasteiger partial charge in [0.15, 0.2) is 0 Å². The molecule has 1 fully saturated rings. The van der Waals surface area contributed by atoms with Crippen LogP contribution in [0.1, 0.15) is 20.8 Å². The number of carbonyl (C=O) groups is 1. The highest BCUT2D eigenvalue weighted by Crippen LogP contribution is 2.12. The van der Waals surface area contributed by atoms with Gasteiger partial charge in [0, 0.05) is 47.1 Å². The van der Waals surface area contributed by atoms with E-state index in [4.69, 9.17) is 14.8 Å². The summed E-state index contributed by atoms with van der Waals surface area (Å²) in [4.78, 5) is 18.6. The Balaban J connectivity index is 2.41. The van der Waals surface area contributed by atoms with Crippen molar-refractivity contribution in [2.75, 3.05) is 39.3 Å². The molecule has 1 heterocycles. The molecule has 0 spiro atoms. The van der Waals surface area contributed by atoms with Crippen molar-refractivity contribution in [1.29, 1.82) is 0 Å². The lowest BCUT2D eigenvalue weighted by Crippen LogP contribution is -2.51. The summed E-state index contributed by atoms with van der Waals surface area (Å²) in [5.41, 5.74) is 8.05. The summed E-state index contributed by atoms with van der Waals surface area (Å²) in [5, 5.41) is 3.71. The maximum absolute atomic E-state index is 11.9. The molecule has 2 atom stereocenters. The predicted octanol–water partition coefficient (Wildman–Crippen LogP) is 2.02. The highest BCUT2D eigenvalue weighted by molar-refractivity contribution is 7.09. The zero-order valence-electron chi connectivity index (χ0n) is 12.9.